The summed E-state index contributed by atoms with van der Waals surface area (Å²) in [5.41, 5.74) is 18.3. The molecule has 0 aromatic heterocycles. The molecule has 60 heavy (non-hydrogen) atoms. The van der Waals surface area contributed by atoms with E-state index in [-0.39, 0.29) is 6.71 Å². The lowest BCUT2D eigenvalue weighted by Gasteiger charge is -2.35. The normalized spacial score (nSPS) is 12.1. The Bertz CT molecular complexity index is 2850. The molecule has 0 aliphatic carbocycles. The molecule has 0 amide bonds. The number of benzene rings is 9. The molecule has 0 spiro atoms. The summed E-state index contributed by atoms with van der Waals surface area (Å²) in [6.45, 7) is 4.31. The maximum absolute atomic E-state index is 7.05. The van der Waals surface area contributed by atoms with Crippen LogP contribution < -0.4 is 30.8 Å². The molecular formula is C56H40BNO2. The van der Waals surface area contributed by atoms with Crippen LogP contribution in [-0.4, -0.2) is 6.71 Å². The largest absolute Gasteiger partial charge is 0.458 e. The number of nitrogens with zero attached hydrogens (tertiary/aromatic N) is 1. The molecule has 0 saturated carbocycles. The molecule has 9 aromatic rings. The fraction of sp³-hybridized carbons (Fsp3) is 0.0357. The van der Waals surface area contributed by atoms with Crippen molar-refractivity contribution in [2.75, 3.05) is 4.90 Å². The molecule has 4 heteroatoms. The number of para-hydroxylation sites is 2. The summed E-state index contributed by atoms with van der Waals surface area (Å²) < 4.78 is 14.1. The second-order valence-electron chi connectivity index (χ2n) is 15.8. The first-order chi connectivity index (χ1) is 29.6. The zero-order valence-electron chi connectivity index (χ0n) is 33.5. The molecule has 11 rings (SSSR count). The van der Waals surface area contributed by atoms with Crippen LogP contribution in [-0.2, 0) is 0 Å². The molecule has 0 unspecified atom stereocenters. The highest BCUT2D eigenvalue weighted by Gasteiger charge is 2.41. The summed E-state index contributed by atoms with van der Waals surface area (Å²) in [6, 6.07) is 73.4. The van der Waals surface area contributed by atoms with E-state index in [1.165, 1.54) is 44.5 Å². The van der Waals surface area contributed by atoms with Gasteiger partial charge in [0, 0.05) is 29.0 Å². The SMILES string of the molecule is Cc1cc(-c2ccccc2)ccc1-c1ccc2c(c1)Oc1cc(N(c3ccccc3)c3ccccc3)cc3c1B2c1ccc(-c2ccc(-c4ccccc4)cc2C)cc1O3. The minimum absolute atomic E-state index is 0.0790. The monoisotopic (exact) mass is 769 g/mol. The third-order valence-electron chi connectivity index (χ3n) is 12.0. The summed E-state index contributed by atoms with van der Waals surface area (Å²) in [6.07, 6.45) is 0. The van der Waals surface area contributed by atoms with Crippen molar-refractivity contribution in [1.82, 2.24) is 0 Å². The van der Waals surface area contributed by atoms with Crippen LogP contribution >= 0.6 is 0 Å². The van der Waals surface area contributed by atoms with E-state index in [0.717, 1.165) is 67.6 Å². The molecule has 0 atom stereocenters. The quantitative estimate of drug-likeness (QED) is 0.151. The maximum atomic E-state index is 7.05. The maximum Gasteiger partial charge on any atom is 0.260 e. The van der Waals surface area contributed by atoms with Crippen molar-refractivity contribution >= 4 is 40.2 Å². The number of ether oxygens (including phenoxy) is 2. The van der Waals surface area contributed by atoms with Crippen molar-refractivity contribution in [3.05, 3.63) is 217 Å². The van der Waals surface area contributed by atoms with E-state index in [4.69, 9.17) is 9.47 Å². The summed E-state index contributed by atoms with van der Waals surface area (Å²) in [4.78, 5) is 2.27. The molecule has 0 bridgehead atoms. The zero-order chi connectivity index (χ0) is 40.2. The van der Waals surface area contributed by atoms with Crippen LogP contribution in [0.1, 0.15) is 11.1 Å². The van der Waals surface area contributed by atoms with Gasteiger partial charge in [0.05, 0.1) is 5.69 Å². The lowest BCUT2D eigenvalue weighted by atomic mass is 9.34. The van der Waals surface area contributed by atoms with Gasteiger partial charge in [0.1, 0.15) is 23.0 Å². The van der Waals surface area contributed by atoms with Gasteiger partial charge in [-0.1, -0.05) is 158 Å². The highest BCUT2D eigenvalue weighted by molar-refractivity contribution is 6.98. The van der Waals surface area contributed by atoms with Gasteiger partial charge in [0.25, 0.3) is 6.71 Å². The van der Waals surface area contributed by atoms with Gasteiger partial charge in [-0.3, -0.25) is 0 Å². The Morgan fingerprint density at radius 1 is 0.333 bits per heavy atom. The van der Waals surface area contributed by atoms with Crippen LogP contribution in [0.15, 0.2) is 206 Å². The number of hydrogen-bond acceptors (Lipinski definition) is 3. The van der Waals surface area contributed by atoms with Gasteiger partial charge in [-0.2, -0.15) is 0 Å². The summed E-state index contributed by atoms with van der Waals surface area (Å²) >= 11 is 0. The number of fused-ring (bicyclic) bond motifs is 4. The molecule has 284 valence electrons. The fourth-order valence-electron chi connectivity index (χ4n) is 9.14. The van der Waals surface area contributed by atoms with Gasteiger partial charge >= 0.3 is 0 Å². The topological polar surface area (TPSA) is 21.7 Å². The zero-order valence-corrected chi connectivity index (χ0v) is 33.5. The first kappa shape index (κ1) is 35.6. The Morgan fingerprint density at radius 3 is 1.15 bits per heavy atom. The Labute approximate surface area is 351 Å². The van der Waals surface area contributed by atoms with Gasteiger partial charge in [-0.05, 0) is 117 Å². The van der Waals surface area contributed by atoms with E-state index in [1.807, 2.05) is 0 Å². The standard InChI is InChI=1S/C56H40BNO2/c1-37-31-41(39-15-7-3-8-16-39)23-27-48(37)43-25-29-50-52(33-43)59-54-35-47(58(45-19-11-5-12-20-45)46-21-13-6-14-22-46)36-55-56(54)57(50)51-30-26-44(34-53(51)60-55)49-28-24-42(32-38(49)2)40-17-9-4-10-18-40/h3-36H,1-2H3. The highest BCUT2D eigenvalue weighted by Crippen LogP contribution is 2.44. The summed E-state index contributed by atoms with van der Waals surface area (Å²) in [7, 11) is 0. The van der Waals surface area contributed by atoms with Crippen LogP contribution in [0, 0.1) is 13.8 Å². The third-order valence-corrected chi connectivity index (χ3v) is 12.0. The summed E-state index contributed by atoms with van der Waals surface area (Å²) in [5.74, 6) is 3.31. The lowest BCUT2D eigenvalue weighted by molar-refractivity contribution is 0.465. The second kappa shape index (κ2) is 14.7. The minimum Gasteiger partial charge on any atom is -0.458 e. The second-order valence-corrected chi connectivity index (χ2v) is 15.8. The smallest absolute Gasteiger partial charge is 0.260 e. The number of hydrogen-bond donors (Lipinski definition) is 0. The van der Waals surface area contributed by atoms with Gasteiger partial charge in [0.15, 0.2) is 0 Å². The Morgan fingerprint density at radius 2 is 0.733 bits per heavy atom. The molecule has 2 aliphatic rings. The molecule has 0 radical (unpaired) electrons. The van der Waals surface area contributed by atoms with Crippen molar-refractivity contribution in [3.8, 4) is 67.5 Å². The Balaban J connectivity index is 1.05. The fourth-order valence-corrected chi connectivity index (χ4v) is 9.14. The number of aryl methyl sites for hydroxylation is 2. The van der Waals surface area contributed by atoms with Crippen molar-refractivity contribution < 1.29 is 9.47 Å². The molecule has 2 aliphatic heterocycles. The Kier molecular flexibility index (Phi) is 8.71. The van der Waals surface area contributed by atoms with Crippen molar-refractivity contribution in [2.45, 2.75) is 13.8 Å². The van der Waals surface area contributed by atoms with E-state index < -0.39 is 0 Å². The molecule has 2 heterocycles. The van der Waals surface area contributed by atoms with E-state index in [9.17, 15) is 0 Å². The predicted molar refractivity (Wildman–Crippen MR) is 250 cm³/mol. The van der Waals surface area contributed by atoms with Crippen LogP contribution in [0.25, 0.3) is 44.5 Å². The van der Waals surface area contributed by atoms with Crippen molar-refractivity contribution in [1.29, 1.82) is 0 Å². The van der Waals surface area contributed by atoms with E-state index >= 15 is 0 Å². The first-order valence-electron chi connectivity index (χ1n) is 20.6. The lowest BCUT2D eigenvalue weighted by Crippen LogP contribution is -2.57. The van der Waals surface area contributed by atoms with Crippen LogP contribution in [0.2, 0.25) is 0 Å². The first-order valence-corrected chi connectivity index (χ1v) is 20.6. The molecule has 0 saturated heterocycles. The van der Waals surface area contributed by atoms with Crippen molar-refractivity contribution in [3.63, 3.8) is 0 Å². The third kappa shape index (κ3) is 6.25. The average Bonchev–Trinajstić information content (AvgIpc) is 3.30. The van der Waals surface area contributed by atoms with Crippen LogP contribution in [0.5, 0.6) is 23.0 Å². The average molecular weight is 770 g/mol. The van der Waals surface area contributed by atoms with E-state index in [2.05, 4.69) is 225 Å². The number of rotatable bonds is 7. The molecular weight excluding hydrogens is 729 g/mol. The minimum atomic E-state index is -0.0790. The summed E-state index contributed by atoms with van der Waals surface area (Å²) in [5, 5.41) is 0. The van der Waals surface area contributed by atoms with E-state index in [0.29, 0.717) is 0 Å². The van der Waals surface area contributed by atoms with Crippen LogP contribution in [0.3, 0.4) is 0 Å². The van der Waals surface area contributed by atoms with Crippen LogP contribution in [0.4, 0.5) is 17.1 Å². The molecule has 0 N–H and O–H groups in total. The van der Waals surface area contributed by atoms with Gasteiger partial charge in [-0.15, -0.1) is 0 Å². The van der Waals surface area contributed by atoms with Crippen molar-refractivity contribution in [2.24, 2.45) is 0 Å². The van der Waals surface area contributed by atoms with Gasteiger partial charge in [-0.25, -0.2) is 0 Å². The van der Waals surface area contributed by atoms with Gasteiger partial charge < -0.3 is 14.4 Å². The molecule has 3 nitrogen and oxygen atoms in total. The highest BCUT2D eigenvalue weighted by atomic mass is 16.5. The number of anilines is 3. The predicted octanol–water partition coefficient (Wildman–Crippen LogP) is 13.2. The molecule has 9 aromatic carbocycles. The van der Waals surface area contributed by atoms with Gasteiger partial charge in [0.2, 0.25) is 0 Å². The molecule has 0 fully saturated rings. The Hall–Kier alpha value is -7.56. The van der Waals surface area contributed by atoms with E-state index in [1.54, 1.807) is 0 Å².